The second kappa shape index (κ2) is 5.01. The zero-order valence-corrected chi connectivity index (χ0v) is 10.6. The number of hydrogen-bond acceptors (Lipinski definition) is 3. The number of halogens is 2. The molecule has 90 valence electrons. The molecule has 0 radical (unpaired) electrons. The van der Waals surface area contributed by atoms with Gasteiger partial charge in [-0.25, -0.2) is 12.8 Å². The normalized spacial score (nSPS) is 11.5. The minimum Gasteiger partial charge on any atom is -0.377 e. The number of nitrogens with zero attached hydrogens (tertiary/aromatic N) is 1. The van der Waals surface area contributed by atoms with E-state index in [0.29, 0.717) is 5.56 Å². The second-order valence-electron chi connectivity index (χ2n) is 3.66. The topological polar surface area (TPSA) is 37.4 Å². The molecular formula is C10H13ClFNO2S. The van der Waals surface area contributed by atoms with E-state index >= 15 is 0 Å². The summed E-state index contributed by atoms with van der Waals surface area (Å²) >= 11 is 0. The molecule has 1 aromatic rings. The third-order valence-corrected chi connectivity index (χ3v) is 3.29. The average Bonchev–Trinajstić information content (AvgIpc) is 2.13. The summed E-state index contributed by atoms with van der Waals surface area (Å²) < 4.78 is 34.7. The Bertz CT molecular complexity index is 474. The van der Waals surface area contributed by atoms with E-state index in [1.165, 1.54) is 12.1 Å². The lowest BCUT2D eigenvalue weighted by Gasteiger charge is -2.17. The fraction of sp³-hybridized carbons (Fsp3) is 0.400. The van der Waals surface area contributed by atoms with Gasteiger partial charge in [0, 0.05) is 30.5 Å². The molecule has 1 aromatic carbocycles. The van der Waals surface area contributed by atoms with Crippen molar-refractivity contribution in [1.29, 1.82) is 0 Å². The van der Waals surface area contributed by atoms with E-state index < -0.39 is 9.05 Å². The first-order valence-electron chi connectivity index (χ1n) is 4.67. The second-order valence-corrected chi connectivity index (χ2v) is 6.56. The van der Waals surface area contributed by atoms with Crippen molar-refractivity contribution in [3.05, 3.63) is 29.6 Å². The Labute approximate surface area is 99.2 Å². The molecule has 0 N–H and O–H groups in total. The van der Waals surface area contributed by atoms with E-state index in [4.69, 9.17) is 10.7 Å². The monoisotopic (exact) mass is 265 g/mol. The van der Waals surface area contributed by atoms with Gasteiger partial charge in [-0.05, 0) is 30.2 Å². The summed E-state index contributed by atoms with van der Waals surface area (Å²) in [7, 11) is 5.20. The standard InChI is InChI=1S/C10H13ClFNO2S/c1-13(2)10-4-3-9(12)7-8(10)5-6-16(11,14)15/h3-4,7H,5-6H2,1-2H3. The highest BCUT2D eigenvalue weighted by molar-refractivity contribution is 8.13. The van der Waals surface area contributed by atoms with Gasteiger partial charge < -0.3 is 4.90 Å². The molecule has 0 amide bonds. The van der Waals surface area contributed by atoms with Crippen molar-refractivity contribution in [1.82, 2.24) is 0 Å². The van der Waals surface area contributed by atoms with Crippen molar-refractivity contribution in [2.75, 3.05) is 24.7 Å². The highest BCUT2D eigenvalue weighted by atomic mass is 35.7. The van der Waals surface area contributed by atoms with Crippen molar-refractivity contribution in [2.45, 2.75) is 6.42 Å². The maximum absolute atomic E-state index is 13.0. The molecule has 0 aromatic heterocycles. The number of rotatable bonds is 4. The Morgan fingerprint density at radius 3 is 2.50 bits per heavy atom. The lowest BCUT2D eigenvalue weighted by molar-refractivity contribution is 0.607. The van der Waals surface area contributed by atoms with Gasteiger partial charge >= 0.3 is 0 Å². The highest BCUT2D eigenvalue weighted by Crippen LogP contribution is 2.21. The van der Waals surface area contributed by atoms with Crippen LogP contribution in [0.3, 0.4) is 0 Å². The Kier molecular flexibility index (Phi) is 4.15. The van der Waals surface area contributed by atoms with Crippen LogP contribution in [0.2, 0.25) is 0 Å². The molecule has 0 spiro atoms. The lowest BCUT2D eigenvalue weighted by atomic mass is 10.1. The third kappa shape index (κ3) is 3.98. The van der Waals surface area contributed by atoms with Crippen LogP contribution in [0.5, 0.6) is 0 Å². The zero-order chi connectivity index (χ0) is 12.3. The van der Waals surface area contributed by atoms with Crippen LogP contribution in [0.1, 0.15) is 5.56 Å². The summed E-state index contributed by atoms with van der Waals surface area (Å²) in [5.74, 6) is -0.577. The van der Waals surface area contributed by atoms with Gasteiger partial charge in [0.05, 0.1) is 5.75 Å². The van der Waals surface area contributed by atoms with E-state index in [-0.39, 0.29) is 18.0 Å². The summed E-state index contributed by atoms with van der Waals surface area (Å²) in [6.07, 6.45) is 0.205. The number of benzene rings is 1. The first-order chi connectivity index (χ1) is 7.29. The minimum atomic E-state index is -3.55. The molecule has 0 heterocycles. The van der Waals surface area contributed by atoms with E-state index in [2.05, 4.69) is 0 Å². The van der Waals surface area contributed by atoms with Crippen LogP contribution in [0.25, 0.3) is 0 Å². The Balaban J connectivity index is 2.97. The molecule has 0 saturated carbocycles. The molecule has 6 heteroatoms. The molecule has 16 heavy (non-hydrogen) atoms. The Morgan fingerprint density at radius 1 is 1.38 bits per heavy atom. The molecule has 0 bridgehead atoms. The molecule has 0 fully saturated rings. The fourth-order valence-electron chi connectivity index (χ4n) is 1.42. The molecule has 0 saturated heterocycles. The van der Waals surface area contributed by atoms with Gasteiger partial charge in [0.15, 0.2) is 0 Å². The molecule has 0 aliphatic rings. The van der Waals surface area contributed by atoms with Crippen LogP contribution >= 0.6 is 10.7 Å². The Morgan fingerprint density at radius 2 is 2.00 bits per heavy atom. The highest BCUT2D eigenvalue weighted by Gasteiger charge is 2.10. The van der Waals surface area contributed by atoms with Crippen LogP contribution in [0.15, 0.2) is 18.2 Å². The quantitative estimate of drug-likeness (QED) is 0.782. The van der Waals surface area contributed by atoms with Crippen LogP contribution in [0, 0.1) is 5.82 Å². The van der Waals surface area contributed by atoms with Crippen LogP contribution < -0.4 is 4.90 Å². The lowest BCUT2D eigenvalue weighted by Crippen LogP contribution is -2.13. The first-order valence-corrected chi connectivity index (χ1v) is 7.15. The molecule has 0 unspecified atom stereocenters. The van der Waals surface area contributed by atoms with E-state index in [1.807, 2.05) is 14.1 Å². The molecular weight excluding hydrogens is 253 g/mol. The summed E-state index contributed by atoms with van der Waals surface area (Å²) in [5, 5.41) is 0. The maximum Gasteiger partial charge on any atom is 0.232 e. The van der Waals surface area contributed by atoms with Crippen molar-refractivity contribution in [3.63, 3.8) is 0 Å². The van der Waals surface area contributed by atoms with Gasteiger partial charge in [0.2, 0.25) is 9.05 Å². The molecule has 3 nitrogen and oxygen atoms in total. The largest absolute Gasteiger partial charge is 0.377 e. The van der Waals surface area contributed by atoms with Crippen LogP contribution in [-0.2, 0) is 15.5 Å². The SMILES string of the molecule is CN(C)c1ccc(F)cc1CCS(=O)(=O)Cl. The summed E-state index contributed by atoms with van der Waals surface area (Å²) in [6.45, 7) is 0. The van der Waals surface area contributed by atoms with Crippen molar-refractivity contribution in [3.8, 4) is 0 Å². The Hall–Kier alpha value is -0.810. The van der Waals surface area contributed by atoms with Crippen LogP contribution in [-0.4, -0.2) is 28.3 Å². The van der Waals surface area contributed by atoms with E-state index in [0.717, 1.165) is 5.69 Å². The minimum absolute atomic E-state index is 0.196. The summed E-state index contributed by atoms with van der Waals surface area (Å²) in [5.41, 5.74) is 1.43. The number of anilines is 1. The molecule has 0 aliphatic heterocycles. The third-order valence-electron chi connectivity index (χ3n) is 2.14. The molecule has 1 rings (SSSR count). The van der Waals surface area contributed by atoms with Gasteiger partial charge in [0.25, 0.3) is 0 Å². The number of aryl methyl sites for hydroxylation is 1. The van der Waals surface area contributed by atoms with Gasteiger partial charge in [-0.2, -0.15) is 0 Å². The fourth-order valence-corrected chi connectivity index (χ4v) is 2.12. The summed E-state index contributed by atoms with van der Waals surface area (Å²) in [4.78, 5) is 1.80. The summed E-state index contributed by atoms with van der Waals surface area (Å²) in [6, 6.07) is 4.29. The average molecular weight is 266 g/mol. The van der Waals surface area contributed by atoms with Crippen LogP contribution in [0.4, 0.5) is 10.1 Å². The molecule has 0 aliphatic carbocycles. The number of hydrogen-bond donors (Lipinski definition) is 0. The zero-order valence-electron chi connectivity index (χ0n) is 9.07. The van der Waals surface area contributed by atoms with Gasteiger partial charge in [0.1, 0.15) is 5.82 Å². The van der Waals surface area contributed by atoms with Gasteiger partial charge in [-0.15, -0.1) is 0 Å². The predicted octanol–water partition coefficient (Wildman–Crippen LogP) is 2.00. The van der Waals surface area contributed by atoms with E-state index in [1.54, 1.807) is 11.0 Å². The predicted molar refractivity (Wildman–Crippen MR) is 64.1 cm³/mol. The maximum atomic E-state index is 13.0. The molecule has 0 atom stereocenters. The van der Waals surface area contributed by atoms with E-state index in [9.17, 15) is 12.8 Å². The van der Waals surface area contributed by atoms with Crippen molar-refractivity contribution in [2.24, 2.45) is 0 Å². The van der Waals surface area contributed by atoms with Crippen molar-refractivity contribution >= 4 is 25.4 Å². The van der Waals surface area contributed by atoms with Gasteiger partial charge in [-0.3, -0.25) is 0 Å². The van der Waals surface area contributed by atoms with Gasteiger partial charge in [-0.1, -0.05) is 0 Å². The smallest absolute Gasteiger partial charge is 0.232 e. The first kappa shape index (κ1) is 13.3. The van der Waals surface area contributed by atoms with Crippen molar-refractivity contribution < 1.29 is 12.8 Å².